The Morgan fingerprint density at radius 3 is 1.05 bits per heavy atom. The van der Waals surface area contributed by atoms with Crippen molar-refractivity contribution in [2.75, 3.05) is 72.5 Å². The van der Waals surface area contributed by atoms with E-state index in [-0.39, 0.29) is 121 Å². The minimum atomic E-state index is -1.01. The van der Waals surface area contributed by atoms with Crippen LogP contribution in [0.2, 0.25) is 0 Å². The molecule has 3 heterocycles. The van der Waals surface area contributed by atoms with Gasteiger partial charge in [-0.25, -0.2) is 28.8 Å². The van der Waals surface area contributed by atoms with Crippen LogP contribution < -0.4 is 0 Å². The normalized spacial score (nSPS) is 14.0. The van der Waals surface area contributed by atoms with E-state index in [1.165, 1.54) is 39.6 Å². The maximum absolute atomic E-state index is 11.2. The maximum atomic E-state index is 11.2. The third kappa shape index (κ3) is 131. The van der Waals surface area contributed by atoms with Gasteiger partial charge in [-0.1, -0.05) is 48.8 Å². The van der Waals surface area contributed by atoms with E-state index < -0.39 is 60.7 Å². The number of carbonyl (C=O) groups is 11. The van der Waals surface area contributed by atoms with Crippen molar-refractivity contribution in [1.29, 1.82) is 0 Å². The second kappa shape index (κ2) is 87.4. The van der Waals surface area contributed by atoms with Gasteiger partial charge >= 0.3 is 66.4 Å². The first kappa shape index (κ1) is 142. The van der Waals surface area contributed by atoms with Gasteiger partial charge < -0.3 is 110 Å². The largest absolute Gasteiger partial charge is 0.509 e. The van der Waals surface area contributed by atoms with E-state index in [9.17, 15) is 52.7 Å². The number of unbranched alkanes of at least 4 members (excludes halogenated alkanes) is 1. The summed E-state index contributed by atoms with van der Waals surface area (Å²) in [5.74, 6) is -0.0843. The highest BCUT2D eigenvalue weighted by Gasteiger charge is 2.29. The zero-order chi connectivity index (χ0) is 102. The van der Waals surface area contributed by atoms with Crippen molar-refractivity contribution in [1.82, 2.24) is 0 Å². The number of esters is 7. The molecule has 128 heavy (non-hydrogen) atoms. The van der Waals surface area contributed by atoms with Crippen molar-refractivity contribution in [2.45, 2.75) is 438 Å². The number of ether oxygens (including phenoxy) is 21. The molecule has 766 valence electrons. The second-order valence-corrected chi connectivity index (χ2v) is 37.7. The lowest BCUT2D eigenvalue weighted by molar-refractivity contribution is -0.267. The van der Waals surface area contributed by atoms with Gasteiger partial charge in [0.15, 0.2) is 5.79 Å². The Hall–Kier alpha value is -6.25. The smallest absolute Gasteiger partial charge is 0.463 e. The number of hydrogen-bond donors (Lipinski definition) is 2. The van der Waals surface area contributed by atoms with E-state index >= 15 is 0 Å². The maximum Gasteiger partial charge on any atom is 0.509 e. The van der Waals surface area contributed by atoms with E-state index in [0.717, 1.165) is 57.7 Å². The molecule has 3 aliphatic rings. The lowest BCUT2D eigenvalue weighted by Gasteiger charge is -2.35. The zero-order valence-corrected chi connectivity index (χ0v) is 88.7. The van der Waals surface area contributed by atoms with Crippen LogP contribution in [0, 0.1) is 23.2 Å². The van der Waals surface area contributed by atoms with Gasteiger partial charge in [-0.15, -0.1) is 0 Å². The zero-order valence-electron chi connectivity index (χ0n) is 87.1. The molecule has 0 aromatic rings. The summed E-state index contributed by atoms with van der Waals surface area (Å²) >= 11 is 0. The van der Waals surface area contributed by atoms with Gasteiger partial charge in [0.1, 0.15) is 25.1 Å². The Morgan fingerprint density at radius 2 is 0.789 bits per heavy atom. The van der Waals surface area contributed by atoms with Gasteiger partial charge in [-0.3, -0.25) is 24.0 Å². The summed E-state index contributed by atoms with van der Waals surface area (Å²) in [5, 5.41) is 17.5. The Bertz CT molecular complexity index is 2600. The van der Waals surface area contributed by atoms with Crippen LogP contribution in [0.3, 0.4) is 0 Å². The van der Waals surface area contributed by atoms with Crippen LogP contribution in [-0.2, 0) is 133 Å². The molecular weight excluding hydrogens is 1710 g/mol. The Kier molecular flexibility index (Phi) is 97.1. The summed E-state index contributed by atoms with van der Waals surface area (Å²) in [5.41, 5.74) is -0.837. The monoisotopic (exact) mass is 1900 g/mol. The molecule has 0 saturated carbocycles. The highest BCUT2D eigenvalue weighted by molar-refractivity contribution is 8.77. The van der Waals surface area contributed by atoms with Crippen molar-refractivity contribution >= 4 is 88.0 Å². The minimum Gasteiger partial charge on any atom is -0.463 e. The van der Waals surface area contributed by atoms with Crippen LogP contribution in [0.5, 0.6) is 0 Å². The van der Waals surface area contributed by atoms with Crippen molar-refractivity contribution in [3.63, 3.8) is 0 Å². The van der Waals surface area contributed by atoms with Crippen molar-refractivity contribution < 1.29 is 162 Å². The van der Waals surface area contributed by atoms with Crippen LogP contribution in [-0.4, -0.2) is 257 Å². The summed E-state index contributed by atoms with van der Waals surface area (Å²) in [6.45, 7) is 80.9. The fraction of sp³-hybridized carbons (Fsp3) is 0.880. The van der Waals surface area contributed by atoms with Crippen LogP contribution in [0.1, 0.15) is 329 Å². The first-order valence-electron chi connectivity index (χ1n) is 44.5. The fourth-order valence-electron chi connectivity index (χ4n) is 7.17. The van der Waals surface area contributed by atoms with Gasteiger partial charge in [-0.05, 0) is 282 Å². The van der Waals surface area contributed by atoms with Gasteiger partial charge in [0.05, 0.1) is 150 Å². The Morgan fingerprint density at radius 1 is 0.430 bits per heavy atom. The predicted octanol–water partition coefficient (Wildman–Crippen LogP) is 19.7. The summed E-state index contributed by atoms with van der Waals surface area (Å²) < 4.78 is 102. The van der Waals surface area contributed by atoms with Crippen LogP contribution >= 0.6 is 21.6 Å². The molecular formula is C92H182O34S2. The molecule has 0 aliphatic carbocycles. The van der Waals surface area contributed by atoms with Crippen LogP contribution in [0.25, 0.3) is 0 Å². The van der Waals surface area contributed by atoms with E-state index in [4.69, 9.17) is 76.5 Å². The summed E-state index contributed by atoms with van der Waals surface area (Å²) in [4.78, 5) is 116. The SMILES string of the molecule is CC(=O)OC(C)C.CC(C)OC(=O)C(C)(C)C.CC(C)OC(=O)C(C)C.CC(C)OC(=O)C(C)O.CC(C)OC(=O)CCCCC1CCSS1.CC(C)OC(=O)CO.CC(C)OC(=O)OC(C)(C)C.CC(C)OC(=O)OC(C)C.CC(C)OCC1COC(C)(C)OC1.CC(C)OCC1COCOC1.CCC(=O)OC(C)C.CCOC(=O)OC(C)C.COC(=O)OC(C)C. The molecule has 0 aromatic heterocycles. The lowest BCUT2D eigenvalue weighted by atomic mass is 9.97. The fourth-order valence-corrected chi connectivity index (χ4v) is 10.2. The van der Waals surface area contributed by atoms with E-state index in [1.807, 2.05) is 167 Å². The molecule has 3 rings (SSSR count). The minimum absolute atomic E-state index is 0.00704. The number of aliphatic hydroxyl groups is 2. The average Bonchev–Trinajstić information content (AvgIpc) is 0.985. The molecule has 0 spiro atoms. The first-order valence-corrected chi connectivity index (χ1v) is 46.8. The topological polar surface area (TPSA) is 422 Å². The van der Waals surface area contributed by atoms with Crippen LogP contribution in [0.4, 0.5) is 19.2 Å². The summed E-state index contributed by atoms with van der Waals surface area (Å²) in [6.07, 6.45) is 2.25. The number of hydrogen-bond acceptors (Lipinski definition) is 36. The molecule has 3 fully saturated rings. The first-order chi connectivity index (χ1) is 58.5. The Balaban J connectivity index is -0.000000148. The lowest BCUT2D eigenvalue weighted by Crippen LogP contribution is -2.41. The van der Waals surface area contributed by atoms with Crippen molar-refractivity contribution in [2.24, 2.45) is 23.2 Å². The molecule has 34 nitrogen and oxygen atoms in total. The number of rotatable bonds is 28. The van der Waals surface area contributed by atoms with E-state index in [0.29, 0.717) is 44.2 Å². The molecule has 2 N–H and O–H groups in total. The summed E-state index contributed by atoms with van der Waals surface area (Å²) in [7, 11) is 5.27. The highest BCUT2D eigenvalue weighted by Crippen LogP contribution is 2.40. The van der Waals surface area contributed by atoms with Gasteiger partial charge in [0.25, 0.3) is 0 Å². The average molecular weight is 1900 g/mol. The van der Waals surface area contributed by atoms with E-state index in [1.54, 1.807) is 132 Å². The third-order valence-electron chi connectivity index (χ3n) is 12.3. The number of aliphatic hydroxyl groups excluding tert-OH is 2. The van der Waals surface area contributed by atoms with Gasteiger partial charge in [-0.2, -0.15) is 0 Å². The predicted molar refractivity (Wildman–Crippen MR) is 499 cm³/mol. The standard InChI is InChI=1S/C11H20O2S2.C10H20O3.2C8H16O3.C8H16O2.C7H14O3.C7H14O2.2C6H12O3.C6H12O2.2C5H10O3.C5H10O2/c1-9(2)13-11(12)6-4-3-5-10-7-8-14-15-10;1-8(2)11-5-9-6-12-10(3,4)13-7-9;1-7(2)11-5-8-3-9-6-10-4-8;1-6(2)10-7(9)11-8(3,4)5;1-6(2)10-7(9)8(3,4)5;1-5(2)9-7(8)10-6(3)4;1-5(2)7(8)9-6(3)4;1-4-8-6(7)9-5(2)3;1-4(2)9-6(8)5(3)7;1-4-6(7)8-5(2)3;1-4(2)8-5(6)7-3;1-4(2)8-5(7)3-6;1-4(2)7-5(3)6/h9-10H,3-8H2,1-2H3;8-9H,5-7H2,1-4H3;7-8H,3-6H2,1-2H3;6H,1-5H3;6H,1-5H3;5-6H,1-4H3;5-6H,1-4H3;5H,4H2,1-3H3;4-5,7H,1-3H3;5H,4H2,1-3H3;4H,1-3H3;4,6H,3H2,1-2H3;4H,1-3H3. The molecule has 3 aliphatic heterocycles. The van der Waals surface area contributed by atoms with E-state index in [2.05, 4.69) is 33.2 Å². The Labute approximate surface area is 779 Å². The molecule has 2 atom stereocenters. The molecule has 0 bridgehead atoms. The van der Waals surface area contributed by atoms with Crippen LogP contribution in [0.15, 0.2) is 0 Å². The molecule has 0 amide bonds. The molecule has 0 aromatic carbocycles. The van der Waals surface area contributed by atoms with Crippen molar-refractivity contribution in [3.05, 3.63) is 0 Å². The second-order valence-electron chi connectivity index (χ2n) is 34.9. The van der Waals surface area contributed by atoms with Gasteiger partial charge in [0.2, 0.25) is 0 Å². The highest BCUT2D eigenvalue weighted by atomic mass is 33.1. The molecule has 2 unspecified atom stereocenters. The third-order valence-corrected chi connectivity index (χ3v) is 15.3. The molecule has 0 radical (unpaired) electrons. The van der Waals surface area contributed by atoms with Crippen molar-refractivity contribution in [3.8, 4) is 0 Å². The summed E-state index contributed by atoms with van der Waals surface area (Å²) in [6, 6.07) is 0. The van der Waals surface area contributed by atoms with Gasteiger partial charge in [0, 0.05) is 42.6 Å². The number of carbonyl (C=O) groups excluding carboxylic acids is 11. The number of methoxy groups -OCH3 is 1. The molecule has 3 saturated heterocycles. The molecule has 36 heteroatoms. The quantitative estimate of drug-likeness (QED) is 0.0318.